The number of hydrogen-bond donors (Lipinski definition) is 0. The van der Waals surface area contributed by atoms with Gasteiger partial charge >= 0.3 is 0 Å². The van der Waals surface area contributed by atoms with Gasteiger partial charge in [0.15, 0.2) is 5.78 Å². The largest absolute Gasteiger partial charge is 0.370 e. The fourth-order valence-corrected chi connectivity index (χ4v) is 1.37. The van der Waals surface area contributed by atoms with E-state index >= 15 is 0 Å². The van der Waals surface area contributed by atoms with E-state index in [1.54, 1.807) is 0 Å². The zero-order chi connectivity index (χ0) is 9.68. The van der Waals surface area contributed by atoms with Gasteiger partial charge in [-0.3, -0.25) is 9.59 Å². The molecule has 1 aliphatic carbocycles. The van der Waals surface area contributed by atoms with Crippen molar-refractivity contribution in [2.75, 3.05) is 6.61 Å². The molecule has 1 aliphatic rings. The van der Waals surface area contributed by atoms with Gasteiger partial charge < -0.3 is 4.74 Å². The lowest BCUT2D eigenvalue weighted by Crippen LogP contribution is -2.32. The number of ether oxygens (including phenoxy) is 1. The maximum absolute atomic E-state index is 11.3. The fourth-order valence-electron chi connectivity index (χ4n) is 1.37. The van der Waals surface area contributed by atoms with Crippen molar-refractivity contribution >= 4 is 11.6 Å². The number of unbranched alkanes of at least 4 members (excludes halogenated alkanes) is 1. The van der Waals surface area contributed by atoms with Gasteiger partial charge in [0, 0.05) is 25.9 Å². The van der Waals surface area contributed by atoms with Crippen LogP contribution in [0.3, 0.4) is 0 Å². The van der Waals surface area contributed by atoms with E-state index in [1.807, 2.05) is 0 Å². The molecule has 0 aromatic rings. The second-order valence-corrected chi connectivity index (χ2v) is 3.42. The Hall–Kier alpha value is -0.700. The summed E-state index contributed by atoms with van der Waals surface area (Å²) in [6.45, 7) is 2.66. The smallest absolute Gasteiger partial charge is 0.162 e. The van der Waals surface area contributed by atoms with Gasteiger partial charge in [-0.1, -0.05) is 13.3 Å². The number of carbonyl (C=O) groups excluding carboxylic acids is 2. The predicted octanol–water partition coefficient (Wildman–Crippen LogP) is 1.49. The van der Waals surface area contributed by atoms with Crippen LogP contribution in [0.1, 0.15) is 39.0 Å². The number of Topliss-reactive ketones (excluding diaryl/α,β-unsaturated/α-hetero) is 2. The fraction of sp³-hybridized carbons (Fsp3) is 0.800. The maximum atomic E-state index is 11.3. The third-order valence-electron chi connectivity index (χ3n) is 2.24. The average Bonchev–Trinajstić information content (AvgIpc) is 2.11. The van der Waals surface area contributed by atoms with Gasteiger partial charge in [-0.05, 0) is 6.42 Å². The number of ketones is 2. The number of rotatable bonds is 4. The second-order valence-electron chi connectivity index (χ2n) is 3.42. The molecule has 0 heterocycles. The van der Waals surface area contributed by atoms with Gasteiger partial charge in [-0.15, -0.1) is 0 Å². The van der Waals surface area contributed by atoms with Gasteiger partial charge in [-0.2, -0.15) is 0 Å². The van der Waals surface area contributed by atoms with E-state index in [9.17, 15) is 9.59 Å². The van der Waals surface area contributed by atoms with E-state index in [2.05, 4.69) is 6.92 Å². The molecule has 74 valence electrons. The molecule has 0 N–H and O–H groups in total. The van der Waals surface area contributed by atoms with Gasteiger partial charge in [0.25, 0.3) is 0 Å². The normalized spacial score (nSPS) is 23.6. The van der Waals surface area contributed by atoms with Crippen LogP contribution in [-0.2, 0) is 14.3 Å². The molecule has 0 aromatic carbocycles. The first-order valence-corrected chi connectivity index (χ1v) is 4.90. The molecule has 0 spiro atoms. The Kier molecular flexibility index (Phi) is 4.09. The lowest BCUT2D eigenvalue weighted by molar-refractivity contribution is -0.140. The van der Waals surface area contributed by atoms with Crippen LogP contribution in [0.15, 0.2) is 0 Å². The summed E-state index contributed by atoms with van der Waals surface area (Å²) in [4.78, 5) is 22.3. The summed E-state index contributed by atoms with van der Waals surface area (Å²) in [5, 5.41) is 0. The summed E-state index contributed by atoms with van der Waals surface area (Å²) in [6, 6.07) is 0. The highest BCUT2D eigenvalue weighted by atomic mass is 16.5. The summed E-state index contributed by atoms with van der Waals surface area (Å²) in [6.07, 6.45) is 2.64. The molecule has 13 heavy (non-hydrogen) atoms. The number of hydrogen-bond acceptors (Lipinski definition) is 3. The average molecular weight is 184 g/mol. The molecule has 0 amide bonds. The van der Waals surface area contributed by atoms with Crippen molar-refractivity contribution in [3.8, 4) is 0 Å². The van der Waals surface area contributed by atoms with E-state index in [0.29, 0.717) is 25.9 Å². The van der Waals surface area contributed by atoms with Crippen LogP contribution in [0.2, 0.25) is 0 Å². The van der Waals surface area contributed by atoms with Crippen LogP contribution in [0.4, 0.5) is 0 Å². The molecule has 0 aromatic heterocycles. The molecule has 0 saturated heterocycles. The van der Waals surface area contributed by atoms with Crippen molar-refractivity contribution < 1.29 is 14.3 Å². The van der Waals surface area contributed by atoms with Crippen LogP contribution in [0.5, 0.6) is 0 Å². The quantitative estimate of drug-likeness (QED) is 0.622. The molecule has 1 saturated carbocycles. The van der Waals surface area contributed by atoms with Crippen molar-refractivity contribution in [2.45, 2.75) is 45.1 Å². The Bertz CT molecular complexity index is 198. The third kappa shape index (κ3) is 3.27. The zero-order valence-electron chi connectivity index (χ0n) is 8.04. The summed E-state index contributed by atoms with van der Waals surface area (Å²) >= 11 is 0. The highest BCUT2D eigenvalue weighted by molar-refractivity contribution is 5.96. The Morgan fingerprint density at radius 2 is 2.15 bits per heavy atom. The first-order valence-electron chi connectivity index (χ1n) is 4.90. The van der Waals surface area contributed by atoms with Crippen LogP contribution < -0.4 is 0 Å². The summed E-state index contributed by atoms with van der Waals surface area (Å²) in [5.74, 6) is 0.247. The van der Waals surface area contributed by atoms with E-state index in [1.165, 1.54) is 0 Å². The highest BCUT2D eigenvalue weighted by Gasteiger charge is 2.27. The lowest BCUT2D eigenvalue weighted by atomic mass is 9.95. The highest BCUT2D eigenvalue weighted by Crippen LogP contribution is 2.14. The monoisotopic (exact) mass is 184 g/mol. The molecule has 1 rings (SSSR count). The molecule has 3 nitrogen and oxygen atoms in total. The third-order valence-corrected chi connectivity index (χ3v) is 2.24. The van der Waals surface area contributed by atoms with Crippen molar-refractivity contribution in [1.82, 2.24) is 0 Å². The molecule has 0 radical (unpaired) electrons. The van der Waals surface area contributed by atoms with E-state index in [4.69, 9.17) is 4.74 Å². The van der Waals surface area contributed by atoms with Crippen LogP contribution in [-0.4, -0.2) is 24.3 Å². The van der Waals surface area contributed by atoms with Gasteiger partial charge in [-0.25, -0.2) is 0 Å². The molecule has 1 atom stereocenters. The molecular formula is C10H16O3. The summed E-state index contributed by atoms with van der Waals surface area (Å²) in [5.41, 5.74) is 0. The predicted molar refractivity (Wildman–Crippen MR) is 48.5 cm³/mol. The molecule has 0 aliphatic heterocycles. The van der Waals surface area contributed by atoms with Gasteiger partial charge in [0.05, 0.1) is 0 Å². The topological polar surface area (TPSA) is 43.4 Å². The molecule has 3 heteroatoms. The van der Waals surface area contributed by atoms with Crippen LogP contribution in [0.25, 0.3) is 0 Å². The maximum Gasteiger partial charge on any atom is 0.162 e. The standard InChI is InChI=1S/C10H16O3/c1-2-3-6-13-10-7-8(11)4-5-9(10)12/h10H,2-7H2,1H3. The SMILES string of the molecule is CCCCOC1CC(=O)CCC1=O. The van der Waals surface area contributed by atoms with Gasteiger partial charge in [0.2, 0.25) is 0 Å². The Morgan fingerprint density at radius 1 is 1.38 bits per heavy atom. The molecular weight excluding hydrogens is 168 g/mol. The molecule has 0 bridgehead atoms. The summed E-state index contributed by atoms with van der Waals surface area (Å²) < 4.78 is 5.34. The lowest BCUT2D eigenvalue weighted by Gasteiger charge is -2.19. The first kappa shape index (κ1) is 10.4. The van der Waals surface area contributed by atoms with Crippen molar-refractivity contribution in [2.24, 2.45) is 0 Å². The van der Waals surface area contributed by atoms with Crippen LogP contribution >= 0.6 is 0 Å². The van der Waals surface area contributed by atoms with Crippen molar-refractivity contribution in [1.29, 1.82) is 0 Å². The van der Waals surface area contributed by atoms with Crippen molar-refractivity contribution in [3.63, 3.8) is 0 Å². The minimum Gasteiger partial charge on any atom is -0.370 e. The van der Waals surface area contributed by atoms with E-state index in [0.717, 1.165) is 12.8 Å². The Labute approximate surface area is 78.5 Å². The Morgan fingerprint density at radius 3 is 2.85 bits per heavy atom. The first-order chi connectivity index (χ1) is 6.24. The van der Waals surface area contributed by atoms with Gasteiger partial charge in [0.1, 0.15) is 11.9 Å². The minimum absolute atomic E-state index is 0.0932. The molecule has 1 unspecified atom stereocenters. The Balaban J connectivity index is 2.29. The van der Waals surface area contributed by atoms with E-state index < -0.39 is 6.10 Å². The molecule has 1 fully saturated rings. The van der Waals surface area contributed by atoms with Crippen molar-refractivity contribution in [3.05, 3.63) is 0 Å². The number of carbonyl (C=O) groups is 2. The summed E-state index contributed by atoms with van der Waals surface area (Å²) in [7, 11) is 0. The second kappa shape index (κ2) is 5.12. The minimum atomic E-state index is -0.437. The van der Waals surface area contributed by atoms with E-state index in [-0.39, 0.29) is 11.6 Å². The zero-order valence-corrected chi connectivity index (χ0v) is 8.04. The van der Waals surface area contributed by atoms with Crippen LogP contribution in [0, 0.1) is 0 Å².